The number of hydrogen-bond donors (Lipinski definition) is 1. The lowest BCUT2D eigenvalue weighted by Gasteiger charge is -2.03. The summed E-state index contributed by atoms with van der Waals surface area (Å²) >= 11 is 5.58. The van der Waals surface area contributed by atoms with Gasteiger partial charge in [0.1, 0.15) is 0 Å². The fraction of sp³-hybridized carbons (Fsp3) is 0.250. The molecule has 2 nitrogen and oxygen atoms in total. The summed E-state index contributed by atoms with van der Waals surface area (Å²) in [7, 11) is 0. The smallest absolute Gasteiger partial charge is 0.0705 e. The van der Waals surface area contributed by atoms with Gasteiger partial charge >= 0.3 is 0 Å². The van der Waals surface area contributed by atoms with Crippen molar-refractivity contribution in [2.45, 2.75) is 6.54 Å². The lowest BCUT2D eigenvalue weighted by Crippen LogP contribution is -2.16. The van der Waals surface area contributed by atoms with Crippen LogP contribution >= 0.6 is 11.6 Å². The van der Waals surface area contributed by atoms with Gasteiger partial charge in [-0.2, -0.15) is 0 Å². The van der Waals surface area contributed by atoms with E-state index in [1.165, 1.54) is 5.39 Å². The third kappa shape index (κ3) is 2.67. The third-order valence-corrected chi connectivity index (χ3v) is 2.42. The van der Waals surface area contributed by atoms with Gasteiger partial charge in [-0.3, -0.25) is 4.98 Å². The van der Waals surface area contributed by atoms with Crippen LogP contribution in [-0.4, -0.2) is 17.4 Å². The van der Waals surface area contributed by atoms with Crippen LogP contribution in [0.3, 0.4) is 0 Å². The Morgan fingerprint density at radius 1 is 1.13 bits per heavy atom. The van der Waals surface area contributed by atoms with E-state index in [9.17, 15) is 0 Å². The van der Waals surface area contributed by atoms with E-state index in [1.54, 1.807) is 0 Å². The van der Waals surface area contributed by atoms with Crippen LogP contribution in [0.1, 0.15) is 5.69 Å². The fourth-order valence-electron chi connectivity index (χ4n) is 1.49. The molecule has 1 aromatic carbocycles. The van der Waals surface area contributed by atoms with Crippen LogP contribution in [0.15, 0.2) is 36.4 Å². The molecule has 1 N–H and O–H groups in total. The molecule has 0 atom stereocenters. The molecular weight excluding hydrogens is 208 g/mol. The zero-order chi connectivity index (χ0) is 10.5. The summed E-state index contributed by atoms with van der Waals surface area (Å²) in [5, 5.41) is 4.40. The molecule has 0 saturated carbocycles. The number of aromatic nitrogens is 1. The second-order valence-electron chi connectivity index (χ2n) is 3.36. The first-order valence-electron chi connectivity index (χ1n) is 5.01. The molecule has 0 unspecified atom stereocenters. The summed E-state index contributed by atoms with van der Waals surface area (Å²) in [6, 6.07) is 12.3. The van der Waals surface area contributed by atoms with Crippen molar-refractivity contribution in [1.82, 2.24) is 10.3 Å². The molecule has 0 aliphatic rings. The minimum absolute atomic E-state index is 0.633. The van der Waals surface area contributed by atoms with E-state index in [1.807, 2.05) is 24.3 Å². The number of fused-ring (bicyclic) bond motifs is 1. The van der Waals surface area contributed by atoms with Crippen molar-refractivity contribution >= 4 is 22.5 Å². The number of para-hydroxylation sites is 1. The molecule has 0 saturated heterocycles. The highest BCUT2D eigenvalue weighted by atomic mass is 35.5. The first kappa shape index (κ1) is 10.4. The monoisotopic (exact) mass is 220 g/mol. The lowest BCUT2D eigenvalue weighted by molar-refractivity contribution is 0.716. The van der Waals surface area contributed by atoms with Crippen molar-refractivity contribution < 1.29 is 0 Å². The SMILES string of the molecule is ClCCNCc1ccc2ccccc2n1. The van der Waals surface area contributed by atoms with E-state index in [-0.39, 0.29) is 0 Å². The van der Waals surface area contributed by atoms with Crippen LogP contribution in [0.25, 0.3) is 10.9 Å². The van der Waals surface area contributed by atoms with Crippen molar-refractivity contribution in [3.63, 3.8) is 0 Å². The Hall–Kier alpha value is -1.12. The first-order chi connectivity index (χ1) is 7.40. The fourth-order valence-corrected chi connectivity index (χ4v) is 1.62. The van der Waals surface area contributed by atoms with Gasteiger partial charge in [-0.15, -0.1) is 11.6 Å². The van der Waals surface area contributed by atoms with Crippen LogP contribution in [0, 0.1) is 0 Å². The maximum atomic E-state index is 5.58. The van der Waals surface area contributed by atoms with Crippen molar-refractivity contribution in [3.05, 3.63) is 42.1 Å². The molecule has 0 spiro atoms. The molecule has 2 aromatic rings. The molecule has 0 bridgehead atoms. The van der Waals surface area contributed by atoms with E-state index >= 15 is 0 Å². The normalized spacial score (nSPS) is 10.7. The number of nitrogens with one attached hydrogen (secondary N) is 1. The molecule has 0 amide bonds. The van der Waals surface area contributed by atoms with E-state index in [0.29, 0.717) is 5.88 Å². The van der Waals surface area contributed by atoms with Gasteiger partial charge in [-0.25, -0.2) is 0 Å². The minimum Gasteiger partial charge on any atom is -0.310 e. The van der Waals surface area contributed by atoms with E-state index in [4.69, 9.17) is 11.6 Å². The molecule has 0 aliphatic heterocycles. The van der Waals surface area contributed by atoms with Gasteiger partial charge in [-0.05, 0) is 12.1 Å². The Balaban J connectivity index is 2.16. The molecule has 15 heavy (non-hydrogen) atoms. The molecule has 1 heterocycles. The second-order valence-corrected chi connectivity index (χ2v) is 3.74. The molecule has 0 fully saturated rings. The van der Waals surface area contributed by atoms with Gasteiger partial charge in [0.2, 0.25) is 0 Å². The number of rotatable bonds is 4. The first-order valence-corrected chi connectivity index (χ1v) is 5.55. The van der Waals surface area contributed by atoms with Gasteiger partial charge in [0, 0.05) is 24.4 Å². The molecule has 0 radical (unpaired) electrons. The number of hydrogen-bond acceptors (Lipinski definition) is 2. The average molecular weight is 221 g/mol. The average Bonchev–Trinajstić information content (AvgIpc) is 2.29. The molecule has 0 aliphatic carbocycles. The lowest BCUT2D eigenvalue weighted by atomic mass is 10.2. The van der Waals surface area contributed by atoms with Crippen molar-refractivity contribution in [3.8, 4) is 0 Å². The second kappa shape index (κ2) is 5.10. The molecular formula is C12H13ClN2. The maximum absolute atomic E-state index is 5.58. The Labute approximate surface area is 94.3 Å². The number of pyridine rings is 1. The Kier molecular flexibility index (Phi) is 3.54. The summed E-state index contributed by atoms with van der Waals surface area (Å²) in [6.07, 6.45) is 0. The Morgan fingerprint density at radius 2 is 2.00 bits per heavy atom. The molecule has 78 valence electrons. The predicted octanol–water partition coefficient (Wildman–Crippen LogP) is 2.56. The predicted molar refractivity (Wildman–Crippen MR) is 64.2 cm³/mol. The summed E-state index contributed by atoms with van der Waals surface area (Å²) in [6.45, 7) is 1.59. The van der Waals surface area contributed by atoms with Gasteiger partial charge in [0.05, 0.1) is 11.2 Å². The standard InChI is InChI=1S/C12H13ClN2/c13-7-8-14-9-11-6-5-10-3-1-2-4-12(10)15-11/h1-6,14H,7-9H2. The topological polar surface area (TPSA) is 24.9 Å². The zero-order valence-corrected chi connectivity index (χ0v) is 9.17. The quantitative estimate of drug-likeness (QED) is 0.633. The van der Waals surface area contributed by atoms with Crippen LogP contribution in [0.5, 0.6) is 0 Å². The third-order valence-electron chi connectivity index (χ3n) is 2.23. The minimum atomic E-state index is 0.633. The highest BCUT2D eigenvalue weighted by Crippen LogP contribution is 2.11. The number of benzene rings is 1. The van der Waals surface area contributed by atoms with Crippen LogP contribution in [0.4, 0.5) is 0 Å². The molecule has 1 aromatic heterocycles. The van der Waals surface area contributed by atoms with Gasteiger partial charge in [0.15, 0.2) is 0 Å². The number of nitrogens with zero attached hydrogens (tertiary/aromatic N) is 1. The van der Waals surface area contributed by atoms with E-state index < -0.39 is 0 Å². The van der Waals surface area contributed by atoms with Crippen LogP contribution < -0.4 is 5.32 Å². The summed E-state index contributed by atoms with van der Waals surface area (Å²) < 4.78 is 0. The maximum Gasteiger partial charge on any atom is 0.0705 e. The largest absolute Gasteiger partial charge is 0.310 e. The van der Waals surface area contributed by atoms with Crippen LogP contribution in [-0.2, 0) is 6.54 Å². The zero-order valence-electron chi connectivity index (χ0n) is 8.41. The summed E-state index contributed by atoms with van der Waals surface area (Å²) in [4.78, 5) is 4.54. The summed E-state index contributed by atoms with van der Waals surface area (Å²) in [5.74, 6) is 0.633. The van der Waals surface area contributed by atoms with Crippen molar-refractivity contribution in [1.29, 1.82) is 0 Å². The highest BCUT2D eigenvalue weighted by molar-refractivity contribution is 6.18. The molecule has 3 heteroatoms. The number of halogens is 1. The Bertz CT molecular complexity index is 442. The number of alkyl halides is 1. The summed E-state index contributed by atoms with van der Waals surface area (Å²) in [5.41, 5.74) is 2.10. The van der Waals surface area contributed by atoms with Gasteiger partial charge < -0.3 is 5.32 Å². The Morgan fingerprint density at radius 3 is 2.87 bits per heavy atom. The van der Waals surface area contributed by atoms with Crippen molar-refractivity contribution in [2.24, 2.45) is 0 Å². The molecule has 2 rings (SSSR count). The van der Waals surface area contributed by atoms with Gasteiger partial charge in [-0.1, -0.05) is 24.3 Å². The van der Waals surface area contributed by atoms with Gasteiger partial charge in [0.25, 0.3) is 0 Å². The highest BCUT2D eigenvalue weighted by Gasteiger charge is 1.96. The van der Waals surface area contributed by atoms with E-state index in [2.05, 4.69) is 22.4 Å². The van der Waals surface area contributed by atoms with Crippen molar-refractivity contribution in [2.75, 3.05) is 12.4 Å². The van der Waals surface area contributed by atoms with Crippen LogP contribution in [0.2, 0.25) is 0 Å². The van der Waals surface area contributed by atoms with E-state index in [0.717, 1.165) is 24.3 Å².